The van der Waals surface area contributed by atoms with E-state index in [0.717, 1.165) is 17.8 Å². The van der Waals surface area contributed by atoms with Crippen LogP contribution in [0.25, 0.3) is 0 Å². The molecule has 0 aromatic rings. The van der Waals surface area contributed by atoms with Gasteiger partial charge in [0.05, 0.1) is 0 Å². The Balaban J connectivity index is 2.78. The predicted molar refractivity (Wildman–Crippen MR) is 82.7 cm³/mol. The fourth-order valence-electron chi connectivity index (χ4n) is 4.03. The molecule has 0 bridgehead atoms. The Kier molecular flexibility index (Phi) is 5.49. The van der Waals surface area contributed by atoms with Gasteiger partial charge in [-0.1, -0.05) is 58.6 Å². The van der Waals surface area contributed by atoms with Gasteiger partial charge in [0.2, 0.25) is 0 Å². The van der Waals surface area contributed by atoms with E-state index in [0.29, 0.717) is 5.41 Å². The second kappa shape index (κ2) is 6.26. The average molecular weight is 250 g/mol. The van der Waals surface area contributed by atoms with E-state index in [2.05, 4.69) is 48.5 Å². The van der Waals surface area contributed by atoms with E-state index in [1.165, 1.54) is 32.1 Å². The van der Waals surface area contributed by atoms with Crippen LogP contribution in [0.2, 0.25) is 0 Å². The quantitative estimate of drug-likeness (QED) is 0.508. The fraction of sp³-hybridized carbons (Fsp3) is 0.889. The summed E-state index contributed by atoms with van der Waals surface area (Å²) in [6, 6.07) is 0. The zero-order chi connectivity index (χ0) is 13.9. The van der Waals surface area contributed by atoms with Crippen molar-refractivity contribution < 1.29 is 0 Å². The van der Waals surface area contributed by atoms with Crippen molar-refractivity contribution >= 4 is 0 Å². The molecule has 0 heterocycles. The van der Waals surface area contributed by atoms with E-state index < -0.39 is 0 Å². The summed E-state index contributed by atoms with van der Waals surface area (Å²) in [7, 11) is 0. The minimum atomic E-state index is 0.562. The Morgan fingerprint density at radius 1 is 1.22 bits per heavy atom. The second-order valence-corrected chi connectivity index (χ2v) is 7.35. The van der Waals surface area contributed by atoms with Crippen molar-refractivity contribution in [3.8, 4) is 0 Å². The fourth-order valence-corrected chi connectivity index (χ4v) is 4.03. The van der Waals surface area contributed by atoms with Crippen molar-refractivity contribution in [1.82, 2.24) is 0 Å². The van der Waals surface area contributed by atoms with Crippen LogP contribution in [-0.2, 0) is 0 Å². The summed E-state index contributed by atoms with van der Waals surface area (Å²) in [6.45, 7) is 16.9. The van der Waals surface area contributed by atoms with Gasteiger partial charge in [0.25, 0.3) is 0 Å². The SMILES string of the molecule is CCCC(C)=C(C)C(C)C(C)C1CCCC1(C)C. The predicted octanol–water partition coefficient (Wildman–Crippen LogP) is 6.22. The Morgan fingerprint density at radius 3 is 2.28 bits per heavy atom. The molecule has 0 aromatic carbocycles. The van der Waals surface area contributed by atoms with Crippen molar-refractivity contribution in [2.24, 2.45) is 23.2 Å². The lowest BCUT2D eigenvalue weighted by Crippen LogP contribution is -2.28. The molecule has 18 heavy (non-hydrogen) atoms. The Hall–Kier alpha value is -0.260. The van der Waals surface area contributed by atoms with E-state index >= 15 is 0 Å². The molecule has 3 unspecified atom stereocenters. The summed E-state index contributed by atoms with van der Waals surface area (Å²) >= 11 is 0. The molecule has 1 aliphatic carbocycles. The summed E-state index contributed by atoms with van der Waals surface area (Å²) in [6.07, 6.45) is 6.85. The third kappa shape index (κ3) is 3.39. The van der Waals surface area contributed by atoms with Gasteiger partial charge >= 0.3 is 0 Å². The van der Waals surface area contributed by atoms with Crippen molar-refractivity contribution in [3.63, 3.8) is 0 Å². The molecule has 1 aliphatic rings. The van der Waals surface area contributed by atoms with Crippen LogP contribution < -0.4 is 0 Å². The van der Waals surface area contributed by atoms with E-state index in [4.69, 9.17) is 0 Å². The van der Waals surface area contributed by atoms with Gasteiger partial charge < -0.3 is 0 Å². The largest absolute Gasteiger partial charge is 0.0741 e. The molecule has 3 atom stereocenters. The molecular weight excluding hydrogens is 216 g/mol. The van der Waals surface area contributed by atoms with E-state index in [-0.39, 0.29) is 0 Å². The van der Waals surface area contributed by atoms with Crippen LogP contribution in [0.3, 0.4) is 0 Å². The van der Waals surface area contributed by atoms with Gasteiger partial charge in [0.15, 0.2) is 0 Å². The van der Waals surface area contributed by atoms with Gasteiger partial charge in [0, 0.05) is 0 Å². The normalized spacial score (nSPS) is 27.8. The molecule has 106 valence electrons. The molecule has 1 saturated carbocycles. The summed E-state index contributed by atoms with van der Waals surface area (Å²) < 4.78 is 0. The van der Waals surface area contributed by atoms with Crippen molar-refractivity contribution in [2.45, 2.75) is 80.6 Å². The van der Waals surface area contributed by atoms with Gasteiger partial charge in [-0.25, -0.2) is 0 Å². The molecule has 0 heteroatoms. The molecule has 0 radical (unpaired) electrons. The smallest absolute Gasteiger partial charge is 0.0203 e. The van der Waals surface area contributed by atoms with Crippen LogP contribution in [0.15, 0.2) is 11.1 Å². The Morgan fingerprint density at radius 2 is 1.83 bits per heavy atom. The van der Waals surface area contributed by atoms with Crippen LogP contribution in [0, 0.1) is 23.2 Å². The summed E-state index contributed by atoms with van der Waals surface area (Å²) in [4.78, 5) is 0. The van der Waals surface area contributed by atoms with E-state index in [1.807, 2.05) is 0 Å². The maximum atomic E-state index is 2.49. The molecule has 0 N–H and O–H groups in total. The first-order valence-corrected chi connectivity index (χ1v) is 7.97. The molecule has 0 saturated heterocycles. The van der Waals surface area contributed by atoms with Gasteiger partial charge in [-0.3, -0.25) is 0 Å². The lowest BCUT2D eigenvalue weighted by atomic mass is 9.69. The lowest BCUT2D eigenvalue weighted by Gasteiger charge is -2.36. The van der Waals surface area contributed by atoms with Crippen LogP contribution in [-0.4, -0.2) is 0 Å². The first-order valence-electron chi connectivity index (χ1n) is 7.97. The topological polar surface area (TPSA) is 0 Å². The van der Waals surface area contributed by atoms with Crippen molar-refractivity contribution in [1.29, 1.82) is 0 Å². The van der Waals surface area contributed by atoms with E-state index in [1.54, 1.807) is 11.1 Å². The highest BCUT2D eigenvalue weighted by Crippen LogP contribution is 2.49. The van der Waals surface area contributed by atoms with Crippen molar-refractivity contribution in [2.75, 3.05) is 0 Å². The molecule has 0 amide bonds. The zero-order valence-electron chi connectivity index (χ0n) is 13.8. The molecule has 0 spiro atoms. The number of allylic oxidation sites excluding steroid dienone is 2. The molecule has 0 aromatic heterocycles. The highest BCUT2D eigenvalue weighted by Gasteiger charge is 2.39. The maximum Gasteiger partial charge on any atom is -0.0203 e. The Bertz CT molecular complexity index is 295. The molecule has 0 aliphatic heterocycles. The minimum Gasteiger partial charge on any atom is -0.0741 e. The number of hydrogen-bond donors (Lipinski definition) is 0. The highest BCUT2D eigenvalue weighted by molar-refractivity contribution is 5.14. The Labute approximate surface area is 115 Å². The van der Waals surface area contributed by atoms with Gasteiger partial charge in [0.1, 0.15) is 0 Å². The van der Waals surface area contributed by atoms with Gasteiger partial charge in [-0.05, 0) is 56.3 Å². The lowest BCUT2D eigenvalue weighted by molar-refractivity contribution is 0.157. The molecular formula is C18H34. The maximum absolute atomic E-state index is 2.49. The van der Waals surface area contributed by atoms with Gasteiger partial charge in [-0.15, -0.1) is 0 Å². The third-order valence-corrected chi connectivity index (χ3v) is 5.74. The van der Waals surface area contributed by atoms with E-state index in [9.17, 15) is 0 Å². The van der Waals surface area contributed by atoms with Crippen LogP contribution >= 0.6 is 0 Å². The van der Waals surface area contributed by atoms with Gasteiger partial charge in [-0.2, -0.15) is 0 Å². The molecule has 1 rings (SSSR count). The van der Waals surface area contributed by atoms with Crippen LogP contribution in [0.4, 0.5) is 0 Å². The first kappa shape index (κ1) is 15.8. The standard InChI is InChI=1S/C18H34/c1-8-10-13(2)14(3)15(4)16(5)17-11-9-12-18(17,6)7/h15-17H,8-12H2,1-7H3. The average Bonchev–Trinajstić information content (AvgIpc) is 2.66. The molecule has 0 nitrogen and oxygen atoms in total. The number of rotatable bonds is 5. The third-order valence-electron chi connectivity index (χ3n) is 5.74. The summed E-state index contributed by atoms with van der Waals surface area (Å²) in [5.74, 6) is 2.49. The highest BCUT2D eigenvalue weighted by atomic mass is 14.4. The van der Waals surface area contributed by atoms with Crippen LogP contribution in [0.5, 0.6) is 0 Å². The van der Waals surface area contributed by atoms with Crippen LogP contribution in [0.1, 0.15) is 80.6 Å². The monoisotopic (exact) mass is 250 g/mol. The van der Waals surface area contributed by atoms with Crippen molar-refractivity contribution in [3.05, 3.63) is 11.1 Å². The zero-order valence-corrected chi connectivity index (χ0v) is 13.8. The first-order chi connectivity index (χ1) is 8.31. The summed E-state index contributed by atoms with van der Waals surface area (Å²) in [5.41, 5.74) is 3.85. The molecule has 1 fully saturated rings. The summed E-state index contributed by atoms with van der Waals surface area (Å²) in [5, 5.41) is 0. The second-order valence-electron chi connectivity index (χ2n) is 7.35. The minimum absolute atomic E-state index is 0.562. The number of hydrogen-bond acceptors (Lipinski definition) is 0.